The van der Waals surface area contributed by atoms with Gasteiger partial charge in [-0.2, -0.15) is 0 Å². The highest BCUT2D eigenvalue weighted by molar-refractivity contribution is 5.91. The first-order chi connectivity index (χ1) is 8.15. The van der Waals surface area contributed by atoms with Crippen LogP contribution in [0.2, 0.25) is 0 Å². The summed E-state index contributed by atoms with van der Waals surface area (Å²) in [6.45, 7) is 0. The number of carbonyl (C=O) groups is 1. The van der Waals surface area contributed by atoms with Gasteiger partial charge in [0.15, 0.2) is 0 Å². The van der Waals surface area contributed by atoms with Gasteiger partial charge in [-0.1, -0.05) is 0 Å². The molecule has 5 heteroatoms. The maximum atomic E-state index is 11.0. The van der Waals surface area contributed by atoms with Gasteiger partial charge in [0.1, 0.15) is 11.4 Å². The summed E-state index contributed by atoms with van der Waals surface area (Å²) in [6, 6.07) is 3.62. The number of aromatic nitrogens is 1. The van der Waals surface area contributed by atoms with E-state index in [2.05, 4.69) is 4.98 Å². The van der Waals surface area contributed by atoms with Crippen LogP contribution in [-0.4, -0.2) is 23.0 Å². The molecule has 1 amide bonds. The van der Waals surface area contributed by atoms with Crippen molar-refractivity contribution in [3.63, 3.8) is 0 Å². The SMILES string of the molecule is NC(=O)c1cc(OC2CCC(N)CC2)ccn1. The molecule has 1 saturated carbocycles. The summed E-state index contributed by atoms with van der Waals surface area (Å²) < 4.78 is 5.79. The lowest BCUT2D eigenvalue weighted by atomic mass is 9.94. The first-order valence-electron chi connectivity index (χ1n) is 5.83. The van der Waals surface area contributed by atoms with Crippen LogP contribution >= 0.6 is 0 Å². The molecular formula is C12H17N3O2. The van der Waals surface area contributed by atoms with E-state index in [1.165, 1.54) is 6.20 Å². The van der Waals surface area contributed by atoms with Gasteiger partial charge in [-0.3, -0.25) is 9.78 Å². The van der Waals surface area contributed by atoms with Gasteiger partial charge in [0, 0.05) is 18.3 Å². The van der Waals surface area contributed by atoms with Crippen molar-refractivity contribution in [1.82, 2.24) is 4.98 Å². The van der Waals surface area contributed by atoms with E-state index in [0.29, 0.717) is 11.8 Å². The Hall–Kier alpha value is -1.62. The number of nitrogens with zero attached hydrogens (tertiary/aromatic N) is 1. The van der Waals surface area contributed by atoms with Gasteiger partial charge in [0.25, 0.3) is 5.91 Å². The zero-order valence-electron chi connectivity index (χ0n) is 9.63. The molecular weight excluding hydrogens is 218 g/mol. The molecule has 0 radical (unpaired) electrons. The number of nitrogens with two attached hydrogens (primary N) is 2. The van der Waals surface area contributed by atoms with Gasteiger partial charge in [0.05, 0.1) is 6.10 Å². The lowest BCUT2D eigenvalue weighted by Crippen LogP contribution is -2.31. The van der Waals surface area contributed by atoms with Crippen molar-refractivity contribution in [1.29, 1.82) is 0 Å². The molecule has 92 valence electrons. The Kier molecular flexibility index (Phi) is 3.58. The van der Waals surface area contributed by atoms with Crippen molar-refractivity contribution >= 4 is 5.91 Å². The van der Waals surface area contributed by atoms with Crippen LogP contribution in [0.5, 0.6) is 5.75 Å². The predicted molar refractivity (Wildman–Crippen MR) is 63.6 cm³/mol. The lowest BCUT2D eigenvalue weighted by Gasteiger charge is -2.26. The van der Waals surface area contributed by atoms with E-state index in [1.807, 2.05) is 0 Å². The largest absolute Gasteiger partial charge is 0.490 e. The Bertz CT molecular complexity index is 400. The van der Waals surface area contributed by atoms with E-state index >= 15 is 0 Å². The second-order valence-corrected chi connectivity index (χ2v) is 4.40. The number of hydrogen-bond acceptors (Lipinski definition) is 4. The highest BCUT2D eigenvalue weighted by Crippen LogP contribution is 2.22. The normalized spacial score (nSPS) is 24.3. The fourth-order valence-corrected chi connectivity index (χ4v) is 2.02. The summed E-state index contributed by atoms with van der Waals surface area (Å²) in [5.74, 6) is 0.107. The number of hydrogen-bond donors (Lipinski definition) is 2. The molecule has 0 atom stereocenters. The van der Waals surface area contributed by atoms with E-state index in [0.717, 1.165) is 25.7 Å². The van der Waals surface area contributed by atoms with Crippen LogP contribution in [0.4, 0.5) is 0 Å². The smallest absolute Gasteiger partial charge is 0.267 e. The highest BCUT2D eigenvalue weighted by Gasteiger charge is 2.20. The van der Waals surface area contributed by atoms with E-state index in [-0.39, 0.29) is 11.8 Å². The summed E-state index contributed by atoms with van der Waals surface area (Å²) in [5.41, 5.74) is 11.2. The van der Waals surface area contributed by atoms with Crippen molar-refractivity contribution in [2.75, 3.05) is 0 Å². The van der Waals surface area contributed by atoms with Crippen molar-refractivity contribution in [2.24, 2.45) is 11.5 Å². The average molecular weight is 235 g/mol. The number of primary amides is 1. The number of ether oxygens (including phenoxy) is 1. The molecule has 1 aliphatic carbocycles. The minimum Gasteiger partial charge on any atom is -0.490 e. The van der Waals surface area contributed by atoms with Gasteiger partial charge in [0.2, 0.25) is 0 Å². The fraction of sp³-hybridized carbons (Fsp3) is 0.500. The Balaban J connectivity index is 1.98. The monoisotopic (exact) mass is 235 g/mol. The van der Waals surface area contributed by atoms with Crippen LogP contribution < -0.4 is 16.2 Å². The van der Waals surface area contributed by atoms with Crippen LogP contribution in [0.1, 0.15) is 36.2 Å². The van der Waals surface area contributed by atoms with Crippen molar-refractivity contribution in [3.05, 3.63) is 24.0 Å². The third kappa shape index (κ3) is 3.17. The minimum absolute atomic E-state index is 0.179. The van der Waals surface area contributed by atoms with Crippen LogP contribution in [0.3, 0.4) is 0 Å². The van der Waals surface area contributed by atoms with E-state index in [4.69, 9.17) is 16.2 Å². The van der Waals surface area contributed by atoms with Crippen molar-refractivity contribution < 1.29 is 9.53 Å². The lowest BCUT2D eigenvalue weighted by molar-refractivity contribution is 0.0993. The zero-order valence-corrected chi connectivity index (χ0v) is 9.63. The maximum Gasteiger partial charge on any atom is 0.267 e. The fourth-order valence-electron chi connectivity index (χ4n) is 2.02. The minimum atomic E-state index is -0.541. The summed E-state index contributed by atoms with van der Waals surface area (Å²) in [7, 11) is 0. The molecule has 1 aromatic heterocycles. The molecule has 1 aliphatic rings. The number of rotatable bonds is 3. The molecule has 1 heterocycles. The molecule has 0 aromatic carbocycles. The Morgan fingerprint density at radius 1 is 1.35 bits per heavy atom. The van der Waals surface area contributed by atoms with Crippen LogP contribution in [0.15, 0.2) is 18.3 Å². The summed E-state index contributed by atoms with van der Waals surface area (Å²) in [4.78, 5) is 14.8. The second-order valence-electron chi connectivity index (χ2n) is 4.40. The topological polar surface area (TPSA) is 91.2 Å². The van der Waals surface area contributed by atoms with E-state index in [9.17, 15) is 4.79 Å². The molecule has 1 fully saturated rings. The van der Waals surface area contributed by atoms with Gasteiger partial charge in [-0.25, -0.2) is 0 Å². The molecule has 17 heavy (non-hydrogen) atoms. The average Bonchev–Trinajstić information content (AvgIpc) is 2.32. The van der Waals surface area contributed by atoms with Gasteiger partial charge < -0.3 is 16.2 Å². The Morgan fingerprint density at radius 2 is 2.06 bits per heavy atom. The van der Waals surface area contributed by atoms with Gasteiger partial charge in [-0.05, 0) is 31.7 Å². The molecule has 0 unspecified atom stereocenters. The molecule has 1 aromatic rings. The Labute approximate surface area is 100 Å². The first-order valence-corrected chi connectivity index (χ1v) is 5.83. The van der Waals surface area contributed by atoms with E-state index < -0.39 is 5.91 Å². The second kappa shape index (κ2) is 5.14. The summed E-state index contributed by atoms with van der Waals surface area (Å²) in [5, 5.41) is 0. The third-order valence-corrected chi connectivity index (χ3v) is 3.01. The Morgan fingerprint density at radius 3 is 2.71 bits per heavy atom. The van der Waals surface area contributed by atoms with Crippen molar-refractivity contribution in [2.45, 2.75) is 37.8 Å². The van der Waals surface area contributed by atoms with Crippen LogP contribution in [0.25, 0.3) is 0 Å². The highest BCUT2D eigenvalue weighted by atomic mass is 16.5. The number of amides is 1. The van der Waals surface area contributed by atoms with Crippen molar-refractivity contribution in [3.8, 4) is 5.75 Å². The summed E-state index contributed by atoms with van der Waals surface area (Å²) in [6.07, 6.45) is 5.59. The molecule has 0 bridgehead atoms. The number of carbonyl (C=O) groups excluding carboxylic acids is 1. The van der Waals surface area contributed by atoms with Crippen LogP contribution in [0, 0.1) is 0 Å². The molecule has 0 saturated heterocycles. The third-order valence-electron chi connectivity index (χ3n) is 3.01. The molecule has 5 nitrogen and oxygen atoms in total. The van der Waals surface area contributed by atoms with Gasteiger partial charge in [-0.15, -0.1) is 0 Å². The van der Waals surface area contributed by atoms with Gasteiger partial charge >= 0.3 is 0 Å². The molecule has 4 N–H and O–H groups in total. The van der Waals surface area contributed by atoms with Crippen LogP contribution in [-0.2, 0) is 0 Å². The summed E-state index contributed by atoms with van der Waals surface area (Å²) >= 11 is 0. The zero-order chi connectivity index (χ0) is 12.3. The molecule has 2 rings (SSSR count). The predicted octanol–water partition coefficient (Wildman–Crippen LogP) is 0.829. The van der Waals surface area contributed by atoms with E-state index in [1.54, 1.807) is 12.1 Å². The molecule has 0 spiro atoms. The number of pyridine rings is 1. The maximum absolute atomic E-state index is 11.0. The molecule has 0 aliphatic heterocycles. The quantitative estimate of drug-likeness (QED) is 0.811. The standard InChI is InChI=1S/C12H17N3O2/c13-8-1-3-9(4-2-8)17-10-5-6-15-11(7-10)12(14)16/h5-9H,1-4,13H2,(H2,14,16). The first kappa shape index (κ1) is 11.9.